The number of para-hydroxylation sites is 1. The van der Waals surface area contributed by atoms with Gasteiger partial charge in [0.15, 0.2) is 0 Å². The molecule has 0 bridgehead atoms. The highest BCUT2D eigenvalue weighted by Crippen LogP contribution is 2.22. The molecule has 21 heavy (non-hydrogen) atoms. The largest absolute Gasteiger partial charge is 0.457 e. The van der Waals surface area contributed by atoms with Gasteiger partial charge in [-0.05, 0) is 42.8 Å². The number of nitrogens with one attached hydrogen (secondary N) is 1. The third kappa shape index (κ3) is 4.08. The molecule has 1 unspecified atom stereocenters. The monoisotopic (exact) mass is 280 g/mol. The Bertz CT molecular complexity index is 630. The van der Waals surface area contributed by atoms with E-state index in [0.717, 1.165) is 5.75 Å². The van der Waals surface area contributed by atoms with E-state index in [1.807, 2.05) is 43.3 Å². The van der Waals surface area contributed by atoms with Gasteiger partial charge in [-0.3, -0.25) is 4.79 Å². The molecule has 0 heterocycles. The lowest BCUT2D eigenvalue weighted by Crippen LogP contribution is -2.20. The van der Waals surface area contributed by atoms with E-state index in [2.05, 4.69) is 5.32 Å². The summed E-state index contributed by atoms with van der Waals surface area (Å²) in [4.78, 5) is 11.8. The molecule has 0 spiro atoms. The normalized spacial score (nSPS) is 11.2. The van der Waals surface area contributed by atoms with Crippen LogP contribution in [0.25, 0.3) is 0 Å². The highest BCUT2D eigenvalue weighted by atomic mass is 16.5. The van der Waals surface area contributed by atoms with Crippen LogP contribution < -0.4 is 10.1 Å². The smallest absolute Gasteiger partial charge is 0.241 e. The quantitative estimate of drug-likeness (QED) is 0.901. The van der Waals surface area contributed by atoms with E-state index in [0.29, 0.717) is 17.9 Å². The highest BCUT2D eigenvalue weighted by Gasteiger charge is 2.15. The molecule has 0 fully saturated rings. The average molecular weight is 280 g/mol. The third-order valence-corrected chi connectivity index (χ3v) is 2.98. The number of hydrogen-bond donors (Lipinski definition) is 1. The maximum Gasteiger partial charge on any atom is 0.241 e. The minimum Gasteiger partial charge on any atom is -0.457 e. The number of ether oxygens (including phenoxy) is 1. The second-order valence-electron chi connectivity index (χ2n) is 4.52. The van der Waals surface area contributed by atoms with Crippen molar-refractivity contribution in [1.82, 2.24) is 0 Å². The van der Waals surface area contributed by atoms with Crippen molar-refractivity contribution in [3.05, 3.63) is 54.6 Å². The number of carbonyl (C=O) groups is 1. The number of carbonyl (C=O) groups excluding carboxylic acids is 1. The Labute approximate surface area is 124 Å². The number of rotatable bonds is 5. The van der Waals surface area contributed by atoms with Gasteiger partial charge in [-0.1, -0.05) is 25.1 Å². The first-order valence-corrected chi connectivity index (χ1v) is 6.76. The van der Waals surface area contributed by atoms with E-state index in [-0.39, 0.29) is 5.91 Å². The summed E-state index contributed by atoms with van der Waals surface area (Å²) in [5, 5.41) is 11.6. The molecular formula is C17H16N2O2. The summed E-state index contributed by atoms with van der Waals surface area (Å²) in [6.07, 6.45) is 0.498. The van der Waals surface area contributed by atoms with Crippen molar-refractivity contribution >= 4 is 11.6 Å². The number of benzene rings is 2. The number of amides is 1. The van der Waals surface area contributed by atoms with Crippen LogP contribution in [0.2, 0.25) is 0 Å². The van der Waals surface area contributed by atoms with Crippen LogP contribution in [0.1, 0.15) is 13.3 Å². The number of nitriles is 1. The Morgan fingerprint density at radius 3 is 2.33 bits per heavy atom. The average Bonchev–Trinajstić information content (AvgIpc) is 2.51. The molecule has 0 saturated heterocycles. The van der Waals surface area contributed by atoms with Gasteiger partial charge >= 0.3 is 0 Å². The fourth-order valence-corrected chi connectivity index (χ4v) is 1.80. The molecule has 0 saturated carbocycles. The second-order valence-corrected chi connectivity index (χ2v) is 4.52. The van der Waals surface area contributed by atoms with E-state index in [1.54, 1.807) is 24.3 Å². The van der Waals surface area contributed by atoms with Crippen LogP contribution in [-0.2, 0) is 4.79 Å². The van der Waals surface area contributed by atoms with Crippen LogP contribution in [0.4, 0.5) is 5.69 Å². The topological polar surface area (TPSA) is 62.1 Å². The Morgan fingerprint density at radius 2 is 1.76 bits per heavy atom. The molecule has 4 heteroatoms. The fourth-order valence-electron chi connectivity index (χ4n) is 1.80. The first-order valence-electron chi connectivity index (χ1n) is 6.76. The summed E-state index contributed by atoms with van der Waals surface area (Å²) in [6, 6.07) is 18.5. The Hall–Kier alpha value is -2.80. The van der Waals surface area contributed by atoms with Crippen LogP contribution in [0, 0.1) is 17.2 Å². The van der Waals surface area contributed by atoms with Gasteiger partial charge in [0.1, 0.15) is 17.4 Å². The van der Waals surface area contributed by atoms with Gasteiger partial charge in [0.25, 0.3) is 0 Å². The zero-order valence-electron chi connectivity index (χ0n) is 11.7. The molecule has 1 amide bonds. The summed E-state index contributed by atoms with van der Waals surface area (Å²) in [6.45, 7) is 1.81. The van der Waals surface area contributed by atoms with Crippen molar-refractivity contribution in [3.8, 4) is 17.6 Å². The van der Waals surface area contributed by atoms with Crippen LogP contribution in [0.15, 0.2) is 54.6 Å². The Balaban J connectivity index is 1.99. The predicted molar refractivity (Wildman–Crippen MR) is 81.0 cm³/mol. The van der Waals surface area contributed by atoms with Crippen molar-refractivity contribution in [2.45, 2.75) is 13.3 Å². The van der Waals surface area contributed by atoms with E-state index in [9.17, 15) is 4.79 Å². The molecule has 0 aliphatic carbocycles. The first kappa shape index (κ1) is 14.6. The van der Waals surface area contributed by atoms with Gasteiger partial charge in [0.2, 0.25) is 5.91 Å². The van der Waals surface area contributed by atoms with Crippen molar-refractivity contribution in [2.75, 3.05) is 5.32 Å². The Morgan fingerprint density at radius 1 is 1.14 bits per heavy atom. The van der Waals surface area contributed by atoms with Gasteiger partial charge in [0, 0.05) is 5.69 Å². The zero-order chi connectivity index (χ0) is 15.1. The summed E-state index contributed by atoms with van der Waals surface area (Å²) in [5.74, 6) is 0.540. The van der Waals surface area contributed by atoms with Gasteiger partial charge in [-0.2, -0.15) is 5.26 Å². The SMILES string of the molecule is CCC(C#N)C(=O)Nc1ccc(Oc2ccccc2)cc1. The highest BCUT2D eigenvalue weighted by molar-refractivity contribution is 5.94. The third-order valence-electron chi connectivity index (χ3n) is 2.98. The number of anilines is 1. The lowest BCUT2D eigenvalue weighted by Gasteiger charge is -2.09. The van der Waals surface area contributed by atoms with Crippen molar-refractivity contribution in [2.24, 2.45) is 5.92 Å². The van der Waals surface area contributed by atoms with E-state index >= 15 is 0 Å². The van der Waals surface area contributed by atoms with Crippen LogP contribution >= 0.6 is 0 Å². The number of nitrogens with zero attached hydrogens (tertiary/aromatic N) is 1. The minimum atomic E-state index is -0.620. The second kappa shape index (κ2) is 7.11. The minimum absolute atomic E-state index is 0.281. The van der Waals surface area contributed by atoms with Gasteiger partial charge < -0.3 is 10.1 Å². The maximum atomic E-state index is 11.8. The predicted octanol–water partition coefficient (Wildman–Crippen LogP) is 3.97. The summed E-state index contributed by atoms with van der Waals surface area (Å²) in [5.41, 5.74) is 0.647. The standard InChI is InChI=1S/C17H16N2O2/c1-2-13(12-18)17(20)19-14-8-10-16(11-9-14)21-15-6-4-3-5-7-15/h3-11,13H,2H2,1H3,(H,19,20). The van der Waals surface area contributed by atoms with E-state index in [4.69, 9.17) is 10.00 Å². The van der Waals surface area contributed by atoms with Crippen LogP contribution in [0.3, 0.4) is 0 Å². The molecule has 0 aliphatic heterocycles. The lowest BCUT2D eigenvalue weighted by molar-refractivity contribution is -0.118. The molecule has 4 nitrogen and oxygen atoms in total. The van der Waals surface area contributed by atoms with E-state index < -0.39 is 5.92 Å². The molecular weight excluding hydrogens is 264 g/mol. The number of hydrogen-bond acceptors (Lipinski definition) is 3. The molecule has 0 radical (unpaired) electrons. The molecule has 0 aromatic heterocycles. The van der Waals surface area contributed by atoms with Gasteiger partial charge in [-0.15, -0.1) is 0 Å². The molecule has 0 aliphatic rings. The molecule has 2 rings (SSSR count). The van der Waals surface area contributed by atoms with E-state index in [1.165, 1.54) is 0 Å². The first-order chi connectivity index (χ1) is 10.2. The van der Waals surface area contributed by atoms with Crippen molar-refractivity contribution in [3.63, 3.8) is 0 Å². The molecule has 2 aromatic rings. The fraction of sp³-hybridized carbons (Fsp3) is 0.176. The molecule has 1 atom stereocenters. The van der Waals surface area contributed by atoms with Crippen LogP contribution in [-0.4, -0.2) is 5.91 Å². The van der Waals surface area contributed by atoms with Crippen molar-refractivity contribution < 1.29 is 9.53 Å². The Kier molecular flexibility index (Phi) is 4.94. The van der Waals surface area contributed by atoms with Gasteiger partial charge in [-0.25, -0.2) is 0 Å². The molecule has 106 valence electrons. The zero-order valence-corrected chi connectivity index (χ0v) is 11.7. The van der Waals surface area contributed by atoms with Crippen molar-refractivity contribution in [1.29, 1.82) is 5.26 Å². The molecule has 1 N–H and O–H groups in total. The maximum absolute atomic E-state index is 11.8. The summed E-state index contributed by atoms with van der Waals surface area (Å²) in [7, 11) is 0. The lowest BCUT2D eigenvalue weighted by atomic mass is 10.1. The molecule has 2 aromatic carbocycles. The summed E-state index contributed by atoms with van der Waals surface area (Å²) < 4.78 is 5.66. The van der Waals surface area contributed by atoms with Crippen LogP contribution in [0.5, 0.6) is 11.5 Å². The van der Waals surface area contributed by atoms with Gasteiger partial charge in [0.05, 0.1) is 6.07 Å². The summed E-state index contributed by atoms with van der Waals surface area (Å²) >= 11 is 0.